The molecule has 2 N–H and O–H groups in total. The van der Waals surface area contributed by atoms with E-state index >= 15 is 0 Å². The van der Waals surface area contributed by atoms with Crippen LogP contribution < -0.4 is 10.6 Å². The van der Waals surface area contributed by atoms with Gasteiger partial charge in [0.15, 0.2) is 0 Å². The van der Waals surface area contributed by atoms with Crippen molar-refractivity contribution in [1.82, 2.24) is 10.6 Å². The van der Waals surface area contributed by atoms with Crippen LogP contribution in [-0.2, 0) is 4.74 Å². The van der Waals surface area contributed by atoms with Crippen LogP contribution in [0, 0.1) is 17.3 Å². The van der Waals surface area contributed by atoms with Crippen molar-refractivity contribution in [1.29, 1.82) is 0 Å². The highest BCUT2D eigenvalue weighted by Gasteiger charge is 2.53. The molecule has 1 aliphatic carbocycles. The van der Waals surface area contributed by atoms with Crippen LogP contribution in [0.15, 0.2) is 0 Å². The summed E-state index contributed by atoms with van der Waals surface area (Å²) in [5, 5.41) is 7.23. The monoisotopic (exact) mass is 238 g/mol. The van der Waals surface area contributed by atoms with Crippen LogP contribution in [0.4, 0.5) is 0 Å². The third kappa shape index (κ3) is 2.51. The van der Waals surface area contributed by atoms with Crippen molar-refractivity contribution in [3.05, 3.63) is 0 Å². The topological polar surface area (TPSA) is 33.3 Å². The zero-order chi connectivity index (χ0) is 11.7. The Bertz CT molecular complexity index is 257. The first kappa shape index (κ1) is 11.9. The minimum absolute atomic E-state index is 0.636. The Labute approximate surface area is 105 Å². The summed E-state index contributed by atoms with van der Waals surface area (Å²) in [6, 6.07) is 0.636. The largest absolute Gasteiger partial charge is 0.381 e. The van der Waals surface area contributed by atoms with Crippen LogP contribution in [-0.4, -0.2) is 38.9 Å². The summed E-state index contributed by atoms with van der Waals surface area (Å²) < 4.78 is 5.46. The second-order valence-electron chi connectivity index (χ2n) is 6.33. The first-order valence-corrected chi connectivity index (χ1v) is 7.32. The number of piperidine rings is 1. The van der Waals surface area contributed by atoms with Crippen LogP contribution >= 0.6 is 0 Å². The van der Waals surface area contributed by atoms with Gasteiger partial charge in [-0.2, -0.15) is 0 Å². The lowest BCUT2D eigenvalue weighted by atomic mass is 9.91. The number of ether oxygens (including phenoxy) is 1. The van der Waals surface area contributed by atoms with Gasteiger partial charge in [0.25, 0.3) is 0 Å². The number of hydrogen-bond acceptors (Lipinski definition) is 3. The van der Waals surface area contributed by atoms with Gasteiger partial charge in [-0.1, -0.05) is 0 Å². The van der Waals surface area contributed by atoms with Crippen molar-refractivity contribution < 1.29 is 4.74 Å². The highest BCUT2D eigenvalue weighted by molar-refractivity contribution is 5.05. The molecule has 1 saturated carbocycles. The molecule has 17 heavy (non-hydrogen) atoms. The van der Waals surface area contributed by atoms with Crippen molar-refractivity contribution in [2.24, 2.45) is 17.3 Å². The summed E-state index contributed by atoms with van der Waals surface area (Å²) in [5.41, 5.74) is 0.726. The number of nitrogens with one attached hydrogen (secondary N) is 2. The van der Waals surface area contributed by atoms with E-state index in [-0.39, 0.29) is 0 Å². The van der Waals surface area contributed by atoms with Crippen LogP contribution in [0.1, 0.15) is 32.6 Å². The summed E-state index contributed by atoms with van der Waals surface area (Å²) >= 11 is 0. The highest BCUT2D eigenvalue weighted by Crippen LogP contribution is 2.58. The van der Waals surface area contributed by atoms with Gasteiger partial charge in [-0.05, 0) is 69.5 Å². The van der Waals surface area contributed by atoms with E-state index in [4.69, 9.17) is 4.74 Å². The molecule has 3 unspecified atom stereocenters. The molecule has 0 radical (unpaired) electrons. The Morgan fingerprint density at radius 1 is 1.41 bits per heavy atom. The molecule has 3 heteroatoms. The fraction of sp³-hybridized carbons (Fsp3) is 1.00. The van der Waals surface area contributed by atoms with Crippen molar-refractivity contribution >= 4 is 0 Å². The maximum atomic E-state index is 5.46. The average Bonchev–Trinajstić information content (AvgIpc) is 2.83. The molecule has 3 aliphatic rings. The molecule has 0 aromatic carbocycles. The minimum atomic E-state index is 0.636. The first-order valence-electron chi connectivity index (χ1n) is 7.32. The second-order valence-corrected chi connectivity index (χ2v) is 6.33. The van der Waals surface area contributed by atoms with Crippen molar-refractivity contribution in [3.8, 4) is 0 Å². The SMILES string of the molecule is CC(NCC1CC12CCNCC2)C1CCOC1. The van der Waals surface area contributed by atoms with Crippen LogP contribution in [0.3, 0.4) is 0 Å². The van der Waals surface area contributed by atoms with Crippen LogP contribution in [0.5, 0.6) is 0 Å². The number of rotatable bonds is 4. The Balaban J connectivity index is 1.40. The normalized spacial score (nSPS) is 37.2. The molecule has 3 rings (SSSR count). The molecule has 2 aliphatic heterocycles. The molecular formula is C14H26N2O. The molecule has 0 bridgehead atoms. The van der Waals surface area contributed by atoms with E-state index in [1.807, 2.05) is 0 Å². The Morgan fingerprint density at radius 2 is 2.24 bits per heavy atom. The smallest absolute Gasteiger partial charge is 0.0509 e. The standard InChI is InChI=1S/C14H26N2O/c1-11(12-2-7-17-10-12)16-9-13-8-14(13)3-5-15-6-4-14/h11-13,15-16H,2-10H2,1H3. The summed E-state index contributed by atoms with van der Waals surface area (Å²) in [7, 11) is 0. The molecule has 1 spiro atoms. The van der Waals surface area contributed by atoms with E-state index in [1.54, 1.807) is 0 Å². The first-order chi connectivity index (χ1) is 8.30. The van der Waals surface area contributed by atoms with Gasteiger partial charge >= 0.3 is 0 Å². The zero-order valence-corrected chi connectivity index (χ0v) is 11.0. The maximum Gasteiger partial charge on any atom is 0.0509 e. The Hall–Kier alpha value is -0.120. The van der Waals surface area contributed by atoms with Crippen molar-refractivity contribution in [2.75, 3.05) is 32.8 Å². The van der Waals surface area contributed by atoms with Gasteiger partial charge in [0.1, 0.15) is 0 Å². The lowest BCUT2D eigenvalue weighted by Crippen LogP contribution is -2.37. The molecule has 2 saturated heterocycles. The molecule has 3 atom stereocenters. The van der Waals surface area contributed by atoms with Crippen LogP contribution in [0.2, 0.25) is 0 Å². The predicted molar refractivity (Wildman–Crippen MR) is 69.0 cm³/mol. The van der Waals surface area contributed by atoms with Gasteiger partial charge in [0, 0.05) is 12.6 Å². The molecule has 98 valence electrons. The molecule has 2 heterocycles. The van der Waals surface area contributed by atoms with Gasteiger partial charge in [0.05, 0.1) is 6.61 Å². The minimum Gasteiger partial charge on any atom is -0.381 e. The van der Waals surface area contributed by atoms with Gasteiger partial charge < -0.3 is 15.4 Å². The molecular weight excluding hydrogens is 212 g/mol. The fourth-order valence-electron chi connectivity index (χ4n) is 3.70. The van der Waals surface area contributed by atoms with Gasteiger partial charge in [0.2, 0.25) is 0 Å². The van der Waals surface area contributed by atoms with E-state index in [0.29, 0.717) is 6.04 Å². The van der Waals surface area contributed by atoms with E-state index in [1.165, 1.54) is 45.3 Å². The summed E-state index contributed by atoms with van der Waals surface area (Å²) in [5.74, 6) is 1.70. The molecule has 0 amide bonds. The zero-order valence-electron chi connectivity index (χ0n) is 11.0. The van der Waals surface area contributed by atoms with E-state index in [0.717, 1.165) is 30.5 Å². The summed E-state index contributed by atoms with van der Waals surface area (Å²) in [6.45, 7) is 7.98. The molecule has 3 nitrogen and oxygen atoms in total. The maximum absolute atomic E-state index is 5.46. The van der Waals surface area contributed by atoms with Gasteiger partial charge in [-0.15, -0.1) is 0 Å². The molecule has 0 aromatic rings. The van der Waals surface area contributed by atoms with Crippen molar-refractivity contribution in [3.63, 3.8) is 0 Å². The average molecular weight is 238 g/mol. The van der Waals surface area contributed by atoms with E-state index in [2.05, 4.69) is 17.6 Å². The summed E-state index contributed by atoms with van der Waals surface area (Å²) in [4.78, 5) is 0. The third-order valence-corrected chi connectivity index (χ3v) is 5.32. The fourth-order valence-corrected chi connectivity index (χ4v) is 3.70. The quantitative estimate of drug-likeness (QED) is 0.776. The molecule has 3 fully saturated rings. The highest BCUT2D eigenvalue weighted by atomic mass is 16.5. The third-order valence-electron chi connectivity index (χ3n) is 5.32. The van der Waals surface area contributed by atoms with Crippen molar-refractivity contribution in [2.45, 2.75) is 38.6 Å². The van der Waals surface area contributed by atoms with E-state index in [9.17, 15) is 0 Å². The Morgan fingerprint density at radius 3 is 2.94 bits per heavy atom. The van der Waals surface area contributed by atoms with Gasteiger partial charge in [-0.25, -0.2) is 0 Å². The second kappa shape index (κ2) is 4.87. The number of hydrogen-bond donors (Lipinski definition) is 2. The lowest BCUT2D eigenvalue weighted by Gasteiger charge is -2.25. The lowest BCUT2D eigenvalue weighted by molar-refractivity contribution is 0.178. The van der Waals surface area contributed by atoms with E-state index < -0.39 is 0 Å². The predicted octanol–water partition coefficient (Wildman–Crippen LogP) is 1.39. The Kier molecular flexibility index (Phi) is 3.42. The van der Waals surface area contributed by atoms with Crippen LogP contribution in [0.25, 0.3) is 0 Å². The van der Waals surface area contributed by atoms with Gasteiger partial charge in [-0.3, -0.25) is 0 Å². The summed E-state index contributed by atoms with van der Waals surface area (Å²) in [6.07, 6.45) is 5.52. The molecule has 0 aromatic heterocycles.